The van der Waals surface area contributed by atoms with E-state index >= 15 is 0 Å². The first kappa shape index (κ1) is 18.4. The van der Waals surface area contributed by atoms with Gasteiger partial charge in [-0.25, -0.2) is 5.43 Å². The molecule has 1 saturated heterocycles. The second-order valence-corrected chi connectivity index (χ2v) is 6.70. The molecule has 1 heterocycles. The number of nitrogens with one attached hydrogen (secondary N) is 1. The van der Waals surface area contributed by atoms with Gasteiger partial charge in [-0.2, -0.15) is 5.10 Å². The van der Waals surface area contributed by atoms with Crippen LogP contribution in [0.3, 0.4) is 0 Å². The molecule has 2 aromatic rings. The van der Waals surface area contributed by atoms with E-state index in [4.69, 9.17) is 11.6 Å². The molecule has 2 aromatic carbocycles. The minimum Gasteiger partial charge on any atom is -0.369 e. The largest absolute Gasteiger partial charge is 0.369 e. The topological polar surface area (TPSA) is 47.9 Å². The van der Waals surface area contributed by atoms with Gasteiger partial charge in [-0.15, -0.1) is 0 Å². The number of amides is 1. The number of hydrogen-bond donors (Lipinski definition) is 1. The Morgan fingerprint density at radius 2 is 1.85 bits per heavy atom. The maximum atomic E-state index is 11.9. The van der Waals surface area contributed by atoms with Crippen molar-refractivity contribution in [1.29, 1.82) is 0 Å². The minimum atomic E-state index is -0.0752. The fourth-order valence-electron chi connectivity index (χ4n) is 2.95. The number of carbonyl (C=O) groups excluding carboxylic acids is 1. The highest BCUT2D eigenvalue weighted by atomic mass is 35.5. The fraction of sp³-hybridized carbons (Fsp3) is 0.300. The van der Waals surface area contributed by atoms with Crippen molar-refractivity contribution in [3.8, 4) is 0 Å². The van der Waals surface area contributed by atoms with Crippen LogP contribution in [-0.4, -0.2) is 49.7 Å². The summed E-state index contributed by atoms with van der Waals surface area (Å²) >= 11 is 5.91. The van der Waals surface area contributed by atoms with Crippen LogP contribution in [-0.2, 0) is 4.79 Å². The number of halogens is 1. The first-order valence-corrected chi connectivity index (χ1v) is 9.18. The van der Waals surface area contributed by atoms with Crippen LogP contribution in [0.15, 0.2) is 59.7 Å². The molecule has 1 amide bonds. The van der Waals surface area contributed by atoms with Crippen molar-refractivity contribution in [2.75, 3.05) is 37.6 Å². The highest BCUT2D eigenvalue weighted by Crippen LogP contribution is 2.15. The number of anilines is 1. The number of hydrogen-bond acceptors (Lipinski definition) is 4. The lowest BCUT2D eigenvalue weighted by Crippen LogP contribution is -2.47. The lowest BCUT2D eigenvalue weighted by atomic mass is 10.2. The van der Waals surface area contributed by atoms with Crippen molar-refractivity contribution >= 4 is 29.4 Å². The number of para-hydroxylation sites is 1. The predicted octanol–water partition coefficient (Wildman–Crippen LogP) is 3.00. The second kappa shape index (κ2) is 9.36. The van der Waals surface area contributed by atoms with Gasteiger partial charge in [0.2, 0.25) is 5.91 Å². The zero-order valence-electron chi connectivity index (χ0n) is 14.6. The summed E-state index contributed by atoms with van der Waals surface area (Å²) in [7, 11) is 0. The van der Waals surface area contributed by atoms with E-state index in [0.717, 1.165) is 38.3 Å². The quantitative estimate of drug-likeness (QED) is 0.628. The summed E-state index contributed by atoms with van der Waals surface area (Å²) in [6, 6.07) is 17.8. The summed E-state index contributed by atoms with van der Waals surface area (Å²) in [6.07, 6.45) is 2.04. The molecular formula is C20H23ClN4O. The normalized spacial score (nSPS) is 15.3. The van der Waals surface area contributed by atoms with Crippen molar-refractivity contribution in [2.45, 2.75) is 6.42 Å². The van der Waals surface area contributed by atoms with Gasteiger partial charge in [0.05, 0.1) is 6.21 Å². The SMILES string of the molecule is O=C(CCN1CCN(c2ccccc2)CC1)N/N=C\c1cccc(Cl)c1. The molecule has 0 unspecified atom stereocenters. The van der Waals surface area contributed by atoms with Crippen molar-refractivity contribution in [3.05, 3.63) is 65.2 Å². The molecule has 26 heavy (non-hydrogen) atoms. The Balaban J connectivity index is 1.36. The zero-order valence-corrected chi connectivity index (χ0v) is 15.4. The summed E-state index contributed by atoms with van der Waals surface area (Å²) in [5.41, 5.74) is 4.70. The molecule has 0 spiro atoms. The first-order chi connectivity index (χ1) is 12.7. The van der Waals surface area contributed by atoms with Crippen molar-refractivity contribution in [2.24, 2.45) is 5.10 Å². The van der Waals surface area contributed by atoms with Crippen LogP contribution in [0, 0.1) is 0 Å². The summed E-state index contributed by atoms with van der Waals surface area (Å²) < 4.78 is 0. The molecule has 136 valence electrons. The zero-order chi connectivity index (χ0) is 18.2. The van der Waals surface area contributed by atoms with Gasteiger partial charge in [0, 0.05) is 49.9 Å². The third-order valence-corrected chi connectivity index (χ3v) is 4.64. The average molecular weight is 371 g/mol. The van der Waals surface area contributed by atoms with Crippen molar-refractivity contribution in [1.82, 2.24) is 10.3 Å². The molecule has 3 rings (SSSR count). The van der Waals surface area contributed by atoms with E-state index in [-0.39, 0.29) is 5.91 Å². The highest BCUT2D eigenvalue weighted by molar-refractivity contribution is 6.30. The van der Waals surface area contributed by atoms with Crippen LogP contribution in [0.25, 0.3) is 0 Å². The summed E-state index contributed by atoms with van der Waals surface area (Å²) in [5, 5.41) is 4.64. The lowest BCUT2D eigenvalue weighted by molar-refractivity contribution is -0.121. The summed E-state index contributed by atoms with van der Waals surface area (Å²) in [6.45, 7) is 4.65. The van der Waals surface area contributed by atoms with E-state index < -0.39 is 0 Å². The van der Waals surface area contributed by atoms with Crippen molar-refractivity contribution < 1.29 is 4.79 Å². The number of piperazine rings is 1. The maximum absolute atomic E-state index is 11.9. The Morgan fingerprint density at radius 1 is 1.08 bits per heavy atom. The fourth-order valence-corrected chi connectivity index (χ4v) is 3.15. The second-order valence-electron chi connectivity index (χ2n) is 6.26. The van der Waals surface area contributed by atoms with Crippen LogP contribution in [0.2, 0.25) is 5.02 Å². The number of rotatable bonds is 6. The molecule has 0 atom stereocenters. The third-order valence-electron chi connectivity index (χ3n) is 4.40. The van der Waals surface area contributed by atoms with E-state index in [2.05, 4.69) is 44.6 Å². The summed E-state index contributed by atoms with van der Waals surface area (Å²) in [4.78, 5) is 16.6. The highest BCUT2D eigenvalue weighted by Gasteiger charge is 2.17. The van der Waals surface area contributed by atoms with Crippen LogP contribution >= 0.6 is 11.6 Å². The molecule has 1 N–H and O–H groups in total. The molecule has 0 aliphatic carbocycles. The molecule has 0 aromatic heterocycles. The molecule has 1 aliphatic heterocycles. The van der Waals surface area contributed by atoms with Crippen LogP contribution < -0.4 is 10.3 Å². The van der Waals surface area contributed by atoms with E-state index in [1.54, 1.807) is 18.3 Å². The molecular weight excluding hydrogens is 348 g/mol. The molecule has 0 radical (unpaired) electrons. The number of benzene rings is 2. The van der Waals surface area contributed by atoms with Gasteiger partial charge >= 0.3 is 0 Å². The molecule has 1 fully saturated rings. The number of nitrogens with zero attached hydrogens (tertiary/aromatic N) is 3. The molecule has 6 heteroatoms. The van der Waals surface area contributed by atoms with Crippen molar-refractivity contribution in [3.63, 3.8) is 0 Å². The van der Waals surface area contributed by atoms with Crippen LogP contribution in [0.1, 0.15) is 12.0 Å². The standard InChI is InChI=1S/C20H23ClN4O/c21-18-6-4-5-17(15-18)16-22-23-20(26)9-10-24-11-13-25(14-12-24)19-7-2-1-3-8-19/h1-8,15-16H,9-14H2,(H,23,26)/b22-16-. The molecule has 5 nitrogen and oxygen atoms in total. The van der Waals surface area contributed by atoms with E-state index in [1.807, 2.05) is 18.2 Å². The monoisotopic (exact) mass is 370 g/mol. The average Bonchev–Trinajstić information content (AvgIpc) is 2.68. The Bertz CT molecular complexity index is 742. The van der Waals surface area contributed by atoms with Gasteiger partial charge in [0.25, 0.3) is 0 Å². The third kappa shape index (κ3) is 5.58. The van der Waals surface area contributed by atoms with E-state index in [9.17, 15) is 4.79 Å². The van der Waals surface area contributed by atoms with Gasteiger partial charge in [-0.05, 0) is 29.8 Å². The van der Waals surface area contributed by atoms with E-state index in [0.29, 0.717) is 11.4 Å². The number of carbonyl (C=O) groups is 1. The molecule has 1 aliphatic rings. The molecule has 0 saturated carbocycles. The van der Waals surface area contributed by atoms with Crippen LogP contribution in [0.5, 0.6) is 0 Å². The van der Waals surface area contributed by atoms with Gasteiger partial charge in [0.15, 0.2) is 0 Å². The summed E-state index contributed by atoms with van der Waals surface area (Å²) in [5.74, 6) is -0.0752. The number of hydrazone groups is 1. The smallest absolute Gasteiger partial charge is 0.241 e. The van der Waals surface area contributed by atoms with Gasteiger partial charge in [-0.3, -0.25) is 9.69 Å². The Labute approximate surface area is 159 Å². The Morgan fingerprint density at radius 3 is 2.58 bits per heavy atom. The molecule has 0 bridgehead atoms. The van der Waals surface area contributed by atoms with Gasteiger partial charge in [-0.1, -0.05) is 41.9 Å². The maximum Gasteiger partial charge on any atom is 0.241 e. The Hall–Kier alpha value is -2.37. The van der Waals surface area contributed by atoms with Gasteiger partial charge in [0.1, 0.15) is 0 Å². The van der Waals surface area contributed by atoms with Gasteiger partial charge < -0.3 is 4.90 Å². The van der Waals surface area contributed by atoms with Crippen LogP contribution in [0.4, 0.5) is 5.69 Å². The Kier molecular flexibility index (Phi) is 6.63. The van der Waals surface area contributed by atoms with E-state index in [1.165, 1.54) is 5.69 Å². The predicted molar refractivity (Wildman–Crippen MR) is 107 cm³/mol. The lowest BCUT2D eigenvalue weighted by Gasteiger charge is -2.36. The first-order valence-electron chi connectivity index (χ1n) is 8.80. The minimum absolute atomic E-state index is 0.0752.